The minimum absolute atomic E-state index is 0.178. The lowest BCUT2D eigenvalue weighted by Crippen LogP contribution is -2.43. The van der Waals surface area contributed by atoms with Crippen molar-refractivity contribution in [2.24, 2.45) is 0 Å². The van der Waals surface area contributed by atoms with Gasteiger partial charge in [-0.25, -0.2) is 9.59 Å². The van der Waals surface area contributed by atoms with Crippen LogP contribution in [-0.2, 0) is 20.7 Å². The van der Waals surface area contributed by atoms with E-state index < -0.39 is 29.8 Å². The number of ether oxygens (including phenoxy) is 3. The number of carboxylic acids is 1. The highest BCUT2D eigenvalue weighted by molar-refractivity contribution is 5.81. The Labute approximate surface area is 153 Å². The zero-order chi connectivity index (χ0) is 19.3. The Morgan fingerprint density at radius 1 is 1.23 bits per heavy atom. The topological polar surface area (TPSA) is 85.3 Å². The van der Waals surface area contributed by atoms with Gasteiger partial charge in [-0.3, -0.25) is 4.90 Å². The van der Waals surface area contributed by atoms with E-state index in [1.165, 1.54) is 4.90 Å². The Kier molecular flexibility index (Phi) is 6.47. The molecule has 7 nitrogen and oxygen atoms in total. The van der Waals surface area contributed by atoms with Crippen LogP contribution in [0, 0.1) is 0 Å². The molecule has 0 unspecified atom stereocenters. The molecule has 1 aliphatic rings. The van der Waals surface area contributed by atoms with Crippen LogP contribution >= 0.6 is 0 Å². The number of carbonyl (C=O) groups excluding carboxylic acids is 1. The molecule has 1 aromatic rings. The van der Waals surface area contributed by atoms with Crippen LogP contribution in [0.2, 0.25) is 0 Å². The average molecular weight is 365 g/mol. The Morgan fingerprint density at radius 2 is 1.88 bits per heavy atom. The number of methoxy groups -OCH3 is 1. The van der Waals surface area contributed by atoms with Crippen LogP contribution in [0.4, 0.5) is 4.79 Å². The predicted molar refractivity (Wildman–Crippen MR) is 95.4 cm³/mol. The zero-order valence-corrected chi connectivity index (χ0v) is 15.7. The fourth-order valence-corrected chi connectivity index (χ4v) is 2.79. The molecule has 0 radical (unpaired) electrons. The van der Waals surface area contributed by atoms with Crippen LogP contribution in [0.1, 0.15) is 32.8 Å². The van der Waals surface area contributed by atoms with E-state index in [1.54, 1.807) is 27.9 Å². The Morgan fingerprint density at radius 3 is 2.42 bits per heavy atom. The van der Waals surface area contributed by atoms with Crippen LogP contribution in [0.25, 0.3) is 0 Å². The smallest absolute Gasteiger partial charge is 0.411 e. The molecule has 1 N–H and O–H groups in total. The Hall–Kier alpha value is -2.28. The first kappa shape index (κ1) is 20.0. The number of carbonyl (C=O) groups is 2. The van der Waals surface area contributed by atoms with Gasteiger partial charge in [0.2, 0.25) is 0 Å². The van der Waals surface area contributed by atoms with Crippen molar-refractivity contribution in [2.75, 3.05) is 20.3 Å². The van der Waals surface area contributed by atoms with E-state index in [0.29, 0.717) is 12.4 Å². The molecule has 2 atom stereocenters. The van der Waals surface area contributed by atoms with Crippen LogP contribution in [0.15, 0.2) is 24.3 Å². The van der Waals surface area contributed by atoms with E-state index in [1.807, 2.05) is 24.3 Å². The molecule has 1 aromatic carbocycles. The molecule has 0 saturated carbocycles. The van der Waals surface area contributed by atoms with E-state index in [-0.39, 0.29) is 13.0 Å². The van der Waals surface area contributed by atoms with Crippen molar-refractivity contribution in [1.82, 2.24) is 4.90 Å². The van der Waals surface area contributed by atoms with Crippen molar-refractivity contribution in [1.29, 1.82) is 0 Å². The number of amides is 1. The maximum Gasteiger partial charge on any atom is 0.411 e. The van der Waals surface area contributed by atoms with Crippen LogP contribution in [-0.4, -0.2) is 60.1 Å². The second-order valence-corrected chi connectivity index (χ2v) is 7.35. The quantitative estimate of drug-likeness (QED) is 0.834. The van der Waals surface area contributed by atoms with Gasteiger partial charge < -0.3 is 19.3 Å². The lowest BCUT2D eigenvalue weighted by Gasteiger charge is -2.26. The normalized spacial score (nSPS) is 20.1. The number of rotatable bonds is 6. The third kappa shape index (κ3) is 5.62. The second kappa shape index (κ2) is 8.40. The number of nitrogens with zero attached hydrogens (tertiary/aromatic N) is 1. The van der Waals surface area contributed by atoms with Crippen LogP contribution in [0.5, 0.6) is 5.75 Å². The third-order valence-corrected chi connectivity index (χ3v) is 4.00. The molecule has 1 saturated heterocycles. The Bertz CT molecular complexity index is 622. The zero-order valence-electron chi connectivity index (χ0n) is 15.7. The van der Waals surface area contributed by atoms with Crippen molar-refractivity contribution in [3.05, 3.63) is 29.8 Å². The van der Waals surface area contributed by atoms with Crippen molar-refractivity contribution >= 4 is 12.1 Å². The van der Waals surface area contributed by atoms with E-state index >= 15 is 0 Å². The molecule has 0 aromatic heterocycles. The minimum atomic E-state index is -1.06. The fraction of sp³-hybridized carbons (Fsp3) is 0.579. The number of hydrogen-bond donors (Lipinski definition) is 1. The second-order valence-electron chi connectivity index (χ2n) is 7.35. The highest BCUT2D eigenvalue weighted by Gasteiger charge is 2.42. The lowest BCUT2D eigenvalue weighted by atomic mass is 10.1. The van der Waals surface area contributed by atoms with E-state index in [9.17, 15) is 14.7 Å². The highest BCUT2D eigenvalue weighted by atomic mass is 16.6. The monoisotopic (exact) mass is 365 g/mol. The van der Waals surface area contributed by atoms with Gasteiger partial charge in [0.25, 0.3) is 0 Å². The summed E-state index contributed by atoms with van der Waals surface area (Å²) in [4.78, 5) is 25.0. The molecule has 1 fully saturated rings. The first-order valence-corrected chi connectivity index (χ1v) is 8.66. The molecule has 26 heavy (non-hydrogen) atoms. The highest BCUT2D eigenvalue weighted by Crippen LogP contribution is 2.25. The summed E-state index contributed by atoms with van der Waals surface area (Å²) in [5.41, 5.74) is 0.446. The van der Waals surface area contributed by atoms with Gasteiger partial charge in [-0.15, -0.1) is 0 Å². The molecule has 1 amide bonds. The van der Waals surface area contributed by atoms with Crippen LogP contribution in [0.3, 0.4) is 0 Å². The number of hydrogen-bond acceptors (Lipinski definition) is 5. The molecule has 0 spiro atoms. The number of benzene rings is 1. The molecule has 1 aliphatic heterocycles. The minimum Gasteiger partial charge on any atom is -0.488 e. The van der Waals surface area contributed by atoms with Crippen LogP contribution < -0.4 is 4.74 Å². The van der Waals surface area contributed by atoms with E-state index in [4.69, 9.17) is 14.2 Å². The molecule has 1 heterocycles. The lowest BCUT2D eigenvalue weighted by molar-refractivity contribution is -0.142. The van der Waals surface area contributed by atoms with Crippen molar-refractivity contribution < 1.29 is 28.9 Å². The van der Waals surface area contributed by atoms with Crippen molar-refractivity contribution in [2.45, 2.75) is 51.4 Å². The van der Waals surface area contributed by atoms with Gasteiger partial charge in [-0.2, -0.15) is 0 Å². The summed E-state index contributed by atoms with van der Waals surface area (Å²) >= 11 is 0. The first-order valence-electron chi connectivity index (χ1n) is 8.66. The van der Waals surface area contributed by atoms with E-state index in [2.05, 4.69) is 0 Å². The standard InChI is InChI=1S/C19H27NO6/c1-19(2,3)26-18(23)20-12-15(11-16(20)17(21)22)25-14-7-5-13(6-8-14)9-10-24-4/h5-8,15-16H,9-12H2,1-4H3,(H,21,22)/t15-,16-/m0/s1. The summed E-state index contributed by atoms with van der Waals surface area (Å²) in [6.07, 6.45) is 0.00706. The predicted octanol–water partition coefficient (Wildman–Crippen LogP) is 2.72. The largest absolute Gasteiger partial charge is 0.488 e. The van der Waals surface area contributed by atoms with Gasteiger partial charge in [-0.05, 0) is 44.9 Å². The third-order valence-electron chi connectivity index (χ3n) is 4.00. The van der Waals surface area contributed by atoms with Gasteiger partial charge in [0, 0.05) is 13.5 Å². The molecule has 144 valence electrons. The molecular weight excluding hydrogens is 338 g/mol. The maximum atomic E-state index is 12.3. The summed E-state index contributed by atoms with van der Waals surface area (Å²) in [7, 11) is 1.66. The molecular formula is C19H27NO6. The van der Waals surface area contributed by atoms with Crippen molar-refractivity contribution in [3.63, 3.8) is 0 Å². The Balaban J connectivity index is 2.00. The molecule has 2 rings (SSSR count). The van der Waals surface area contributed by atoms with Crippen molar-refractivity contribution in [3.8, 4) is 5.75 Å². The molecule has 0 bridgehead atoms. The van der Waals surface area contributed by atoms with Gasteiger partial charge >= 0.3 is 12.1 Å². The summed E-state index contributed by atoms with van der Waals surface area (Å²) in [5.74, 6) is -0.414. The fourth-order valence-electron chi connectivity index (χ4n) is 2.79. The average Bonchev–Trinajstić information content (AvgIpc) is 2.97. The SMILES string of the molecule is COCCc1ccc(O[C@H]2C[C@@H](C(=O)O)N(C(=O)OC(C)(C)C)C2)cc1. The number of aliphatic carboxylic acids is 1. The van der Waals surface area contributed by atoms with Gasteiger partial charge in [0.15, 0.2) is 0 Å². The van der Waals surface area contributed by atoms with Gasteiger partial charge in [-0.1, -0.05) is 12.1 Å². The number of carboxylic acid groups (broad SMARTS) is 1. The molecule has 7 heteroatoms. The first-order chi connectivity index (χ1) is 12.2. The summed E-state index contributed by atoms with van der Waals surface area (Å²) < 4.78 is 16.2. The van der Waals surface area contributed by atoms with E-state index in [0.717, 1.165) is 12.0 Å². The maximum absolute atomic E-state index is 12.3. The molecule has 0 aliphatic carbocycles. The summed E-state index contributed by atoms with van der Waals surface area (Å²) in [6, 6.07) is 6.64. The summed E-state index contributed by atoms with van der Waals surface area (Å²) in [6.45, 7) is 6.06. The van der Waals surface area contributed by atoms with Gasteiger partial charge in [0.1, 0.15) is 23.5 Å². The summed E-state index contributed by atoms with van der Waals surface area (Å²) in [5, 5.41) is 9.42. The van der Waals surface area contributed by atoms with Gasteiger partial charge in [0.05, 0.1) is 13.2 Å². The number of likely N-dealkylation sites (tertiary alicyclic amines) is 1.